The molecule has 2 aromatic rings. The number of hydrogen-bond donors (Lipinski definition) is 1. The number of carbonyl (C=O) groups excluding carboxylic acids is 1. The first kappa shape index (κ1) is 8.73. The predicted molar refractivity (Wildman–Crippen MR) is 55.6 cm³/mol. The molecule has 0 radical (unpaired) electrons. The van der Waals surface area contributed by atoms with Crippen LogP contribution in [-0.4, -0.2) is 11.1 Å². The number of benzene rings is 1. The molecule has 0 unspecified atom stereocenters. The van der Waals surface area contributed by atoms with Crippen LogP contribution in [0.3, 0.4) is 0 Å². The summed E-state index contributed by atoms with van der Waals surface area (Å²) in [5, 5.41) is 1.11. The van der Waals surface area contributed by atoms with Crippen molar-refractivity contribution in [3.05, 3.63) is 29.5 Å². The lowest BCUT2D eigenvalue weighted by Crippen LogP contribution is -1.71. The molecule has 0 aliphatic heterocycles. The van der Waals surface area contributed by atoms with Crippen molar-refractivity contribution in [1.82, 2.24) is 4.98 Å². The number of aliphatic imine (C=N–C) groups is 1. The quantitative estimate of drug-likeness (QED) is 0.540. The molecule has 70 valence electrons. The molecular weight excluding hydrogens is 176 g/mol. The van der Waals surface area contributed by atoms with Crippen molar-refractivity contribution in [2.45, 2.75) is 13.8 Å². The van der Waals surface area contributed by atoms with Gasteiger partial charge >= 0.3 is 0 Å². The first-order valence-electron chi connectivity index (χ1n) is 4.39. The third kappa shape index (κ3) is 1.24. The van der Waals surface area contributed by atoms with E-state index in [1.807, 2.05) is 26.0 Å². The van der Waals surface area contributed by atoms with Crippen molar-refractivity contribution in [3.8, 4) is 0 Å². The summed E-state index contributed by atoms with van der Waals surface area (Å²) in [7, 11) is 0. The number of aryl methyl sites for hydroxylation is 2. The van der Waals surface area contributed by atoms with E-state index in [-0.39, 0.29) is 0 Å². The molecule has 0 aliphatic rings. The molecule has 1 aromatic carbocycles. The number of fused-ring (bicyclic) bond motifs is 1. The lowest BCUT2D eigenvalue weighted by atomic mass is 10.1. The zero-order valence-corrected chi connectivity index (χ0v) is 8.09. The Morgan fingerprint density at radius 1 is 1.36 bits per heavy atom. The minimum atomic E-state index is 0.648. The van der Waals surface area contributed by atoms with Crippen LogP contribution in [0.25, 0.3) is 10.9 Å². The molecule has 0 bridgehead atoms. The number of nitrogens with zero attached hydrogens (tertiary/aromatic N) is 1. The summed E-state index contributed by atoms with van der Waals surface area (Å²) < 4.78 is 0. The number of aromatic nitrogens is 1. The molecule has 0 fully saturated rings. The van der Waals surface area contributed by atoms with Gasteiger partial charge in [0.25, 0.3) is 0 Å². The van der Waals surface area contributed by atoms with Crippen molar-refractivity contribution in [1.29, 1.82) is 0 Å². The van der Waals surface area contributed by atoms with E-state index in [9.17, 15) is 4.79 Å². The van der Waals surface area contributed by atoms with E-state index in [0.29, 0.717) is 5.69 Å². The molecule has 0 spiro atoms. The number of isocyanates is 1. The molecule has 2 rings (SSSR count). The fourth-order valence-corrected chi connectivity index (χ4v) is 1.57. The maximum atomic E-state index is 10.1. The van der Waals surface area contributed by atoms with Gasteiger partial charge in [-0.15, -0.1) is 0 Å². The number of hydrogen-bond acceptors (Lipinski definition) is 2. The molecule has 0 aliphatic carbocycles. The van der Waals surface area contributed by atoms with Gasteiger partial charge in [-0.25, -0.2) is 4.79 Å². The summed E-state index contributed by atoms with van der Waals surface area (Å²) in [5.74, 6) is 0. The Bertz CT molecular complexity index is 533. The Morgan fingerprint density at radius 2 is 2.14 bits per heavy atom. The van der Waals surface area contributed by atoms with E-state index in [2.05, 4.69) is 9.98 Å². The van der Waals surface area contributed by atoms with Gasteiger partial charge in [-0.2, -0.15) is 4.99 Å². The summed E-state index contributed by atoms with van der Waals surface area (Å²) in [6.45, 7) is 4.07. The lowest BCUT2D eigenvalue weighted by molar-refractivity contribution is 0.565. The van der Waals surface area contributed by atoms with Crippen LogP contribution in [0.4, 0.5) is 5.69 Å². The van der Waals surface area contributed by atoms with Crippen molar-refractivity contribution in [3.63, 3.8) is 0 Å². The molecule has 3 nitrogen and oxygen atoms in total. The monoisotopic (exact) mass is 186 g/mol. The van der Waals surface area contributed by atoms with Gasteiger partial charge in [0.05, 0.1) is 5.69 Å². The zero-order valence-electron chi connectivity index (χ0n) is 8.09. The zero-order chi connectivity index (χ0) is 10.1. The molecule has 1 heterocycles. The Labute approximate surface area is 81.5 Å². The SMILES string of the molecule is Cc1[nH]c2ccc(N=C=O)cc2c1C. The number of H-pyrrole nitrogens is 1. The van der Waals surface area contributed by atoms with E-state index < -0.39 is 0 Å². The van der Waals surface area contributed by atoms with Crippen LogP contribution >= 0.6 is 0 Å². The van der Waals surface area contributed by atoms with Crippen LogP contribution in [0, 0.1) is 13.8 Å². The number of aromatic amines is 1. The molecule has 0 saturated heterocycles. The van der Waals surface area contributed by atoms with Gasteiger partial charge in [0.1, 0.15) is 0 Å². The average Bonchev–Trinajstić information content (AvgIpc) is 2.45. The summed E-state index contributed by atoms with van der Waals surface area (Å²) >= 11 is 0. The topological polar surface area (TPSA) is 45.2 Å². The third-order valence-corrected chi connectivity index (χ3v) is 2.47. The fraction of sp³-hybridized carbons (Fsp3) is 0.182. The molecule has 1 N–H and O–H groups in total. The van der Waals surface area contributed by atoms with Crippen LogP contribution in [0.2, 0.25) is 0 Å². The standard InChI is InChI=1S/C11H10N2O/c1-7-8(2)13-11-4-3-9(12-6-14)5-10(7)11/h3-5,13H,1-2H3. The molecule has 0 saturated carbocycles. The van der Waals surface area contributed by atoms with Crippen molar-refractivity contribution >= 4 is 22.7 Å². The minimum Gasteiger partial charge on any atom is -0.358 e. The highest BCUT2D eigenvalue weighted by Gasteiger charge is 2.03. The molecule has 0 atom stereocenters. The molecule has 14 heavy (non-hydrogen) atoms. The normalized spacial score (nSPS) is 10.1. The van der Waals surface area contributed by atoms with Gasteiger partial charge in [-0.3, -0.25) is 0 Å². The third-order valence-electron chi connectivity index (χ3n) is 2.47. The average molecular weight is 186 g/mol. The van der Waals surface area contributed by atoms with Crippen LogP contribution in [-0.2, 0) is 4.79 Å². The maximum Gasteiger partial charge on any atom is 0.240 e. The van der Waals surface area contributed by atoms with Crippen LogP contribution < -0.4 is 0 Å². The number of nitrogens with one attached hydrogen (secondary N) is 1. The highest BCUT2D eigenvalue weighted by molar-refractivity contribution is 5.87. The first-order chi connectivity index (χ1) is 6.72. The second kappa shape index (κ2) is 3.13. The largest absolute Gasteiger partial charge is 0.358 e. The van der Waals surface area contributed by atoms with Crippen LogP contribution in [0.1, 0.15) is 11.3 Å². The molecule has 3 heteroatoms. The number of rotatable bonds is 1. The summed E-state index contributed by atoms with van der Waals surface area (Å²) in [6.07, 6.45) is 1.54. The maximum absolute atomic E-state index is 10.1. The van der Waals surface area contributed by atoms with E-state index in [1.165, 1.54) is 11.6 Å². The van der Waals surface area contributed by atoms with E-state index >= 15 is 0 Å². The Kier molecular flexibility index (Phi) is 1.95. The fourth-order valence-electron chi connectivity index (χ4n) is 1.57. The smallest absolute Gasteiger partial charge is 0.240 e. The summed E-state index contributed by atoms with van der Waals surface area (Å²) in [5.41, 5.74) is 4.06. The van der Waals surface area contributed by atoms with E-state index in [0.717, 1.165) is 16.6 Å². The highest BCUT2D eigenvalue weighted by atomic mass is 16.1. The lowest BCUT2D eigenvalue weighted by Gasteiger charge is -1.92. The van der Waals surface area contributed by atoms with Crippen LogP contribution in [0.15, 0.2) is 23.2 Å². The van der Waals surface area contributed by atoms with Crippen molar-refractivity contribution in [2.24, 2.45) is 4.99 Å². The van der Waals surface area contributed by atoms with Crippen LogP contribution in [0.5, 0.6) is 0 Å². The van der Waals surface area contributed by atoms with Gasteiger partial charge in [0, 0.05) is 16.6 Å². The second-order valence-corrected chi connectivity index (χ2v) is 3.31. The Morgan fingerprint density at radius 3 is 2.86 bits per heavy atom. The van der Waals surface area contributed by atoms with Gasteiger partial charge in [-0.1, -0.05) is 0 Å². The summed E-state index contributed by atoms with van der Waals surface area (Å²) in [6, 6.07) is 5.60. The van der Waals surface area contributed by atoms with Gasteiger partial charge in [-0.05, 0) is 37.6 Å². The molecular formula is C11H10N2O. The molecule has 1 aromatic heterocycles. The summed E-state index contributed by atoms with van der Waals surface area (Å²) in [4.78, 5) is 16.9. The predicted octanol–water partition coefficient (Wildman–Crippen LogP) is 2.75. The second-order valence-electron chi connectivity index (χ2n) is 3.31. The highest BCUT2D eigenvalue weighted by Crippen LogP contribution is 2.25. The molecule has 0 amide bonds. The van der Waals surface area contributed by atoms with E-state index in [1.54, 1.807) is 6.07 Å². The van der Waals surface area contributed by atoms with Gasteiger partial charge < -0.3 is 4.98 Å². The van der Waals surface area contributed by atoms with Crippen molar-refractivity contribution in [2.75, 3.05) is 0 Å². The Balaban J connectivity index is 2.75. The Hall–Kier alpha value is -1.86. The van der Waals surface area contributed by atoms with Gasteiger partial charge in [0.2, 0.25) is 6.08 Å². The van der Waals surface area contributed by atoms with Crippen molar-refractivity contribution < 1.29 is 4.79 Å². The van der Waals surface area contributed by atoms with Gasteiger partial charge in [0.15, 0.2) is 0 Å². The van der Waals surface area contributed by atoms with E-state index in [4.69, 9.17) is 0 Å². The minimum absolute atomic E-state index is 0.648. The first-order valence-corrected chi connectivity index (χ1v) is 4.39.